The third-order valence-electron chi connectivity index (χ3n) is 21.6. The number of hydrogen-bond acceptors (Lipinski definition) is 29. The molecule has 0 spiro atoms. The van der Waals surface area contributed by atoms with Gasteiger partial charge in [-0.15, -0.1) is 45.3 Å². The predicted octanol–water partition coefficient (Wildman–Crippen LogP) is 19.6. The summed E-state index contributed by atoms with van der Waals surface area (Å²) in [7, 11) is -10.8. The van der Waals surface area contributed by atoms with Crippen molar-refractivity contribution in [1.82, 2.24) is 23.8 Å². The number of rotatable bonds is 27. The van der Waals surface area contributed by atoms with Crippen LogP contribution in [0.25, 0.3) is 0 Å². The maximum absolute atomic E-state index is 13.2. The van der Waals surface area contributed by atoms with Crippen LogP contribution >= 0.6 is 154 Å². The molecule has 37 nitrogen and oxygen atoms in total. The van der Waals surface area contributed by atoms with Gasteiger partial charge in [-0.3, -0.25) is 38.4 Å². The van der Waals surface area contributed by atoms with Crippen LogP contribution < -0.4 is 81.0 Å². The monoisotopic (exact) mass is 2360 g/mol. The molecule has 1 saturated carbocycles. The molecule has 8 heterocycles. The van der Waals surface area contributed by atoms with Crippen molar-refractivity contribution in [2.24, 2.45) is 5.92 Å². The fourth-order valence-electron chi connectivity index (χ4n) is 14.6. The van der Waals surface area contributed by atoms with E-state index in [-0.39, 0.29) is 125 Å². The van der Waals surface area contributed by atoms with Gasteiger partial charge in [-0.25, -0.2) is 91.3 Å². The smallest absolute Gasteiger partial charge is 0.333 e. The van der Waals surface area contributed by atoms with Crippen LogP contribution in [0.5, 0.6) is 0 Å². The first-order chi connectivity index (χ1) is 69.1. The standard InChI is InChI=1S/C24H23Cl2N5O5S2.C24H20Cl2N4O5S2.C23H20Cl2N4O5S2.C21H15BrCl2N4O5S2/c1-30(2)10-9-27-15-3-5-17-14(11-15)12-21(32)31(23(17)33)19-6-4-16(13-18(19)25)28-24(34)29-38(35,36)22-8-7-20(26)37-22;25-18-11-16(28-24(33)29-37(34,35)22-8-7-20(26)36-22)4-6-19(18)30-21(31)10-14-9-15(27-12-13-1-2-13)3-5-17(14)23(30)32;1-2-9-26-14-3-5-16-13(10-14)11-20(30)29(22(16)31)18-6-4-15(12-17(18)24)27-23(32)28-36(33,34)21-8-7-19(25)35-21;1-25-15-6-10-7-18(29)28(20(30)12(10)9-13(15)22)16-3-2-11(8-14(16)23)26-21(31)27-35(32,33)19-5-4-17(24)34-19/h3-8,11,13,27H,9-10,12H2,1-2H3,(H2,28,29,34);3-9,11,13,27H,1-2,10,12H2,(H2,28,29,33);3-8,10,12,26H,2,9,11H2,1H3,(H2,27,28,32);2-6,8-9,25H,7H2,1H3,(H2,26,27,31). The normalized spacial score (nSPS) is 13.9. The van der Waals surface area contributed by atoms with Crippen molar-refractivity contribution in [3.8, 4) is 0 Å². The van der Waals surface area contributed by atoms with E-state index in [1.54, 1.807) is 61.6 Å². The Labute approximate surface area is 899 Å². The van der Waals surface area contributed by atoms with E-state index in [1.807, 2.05) is 56.9 Å². The SMILES string of the molecule is CCCNc1ccc2c(c1)CC(=O)N(c1ccc(NC(=O)NS(=O)(=O)c3ccc(Cl)s3)cc1Cl)C2=O.CN(C)CCNc1ccc2c(c1)CC(=O)N(c1ccc(NC(=O)NS(=O)(=O)c3ccc(Cl)s3)cc1Cl)C2=O.CNc1cc2c(cc1Br)C(=O)N(c1ccc(NC(=O)NS(=O)(=O)c3ccc(Cl)s3)cc1Cl)C(=O)C2.O=C(Nc1ccc(N2C(=O)Cc3cc(NCC4CC4)ccc3C2=O)c(Cl)c1)NS(=O)(=O)c1ccc(Cl)s1. The van der Waals surface area contributed by atoms with Gasteiger partial charge in [-0.05, 0) is 266 Å². The van der Waals surface area contributed by atoms with Crippen LogP contribution in [0.3, 0.4) is 0 Å². The zero-order valence-electron chi connectivity index (χ0n) is 75.8. The second kappa shape index (κ2) is 46.6. The minimum Gasteiger partial charge on any atom is -0.387 e. The van der Waals surface area contributed by atoms with Crippen LogP contribution in [0, 0.1) is 5.92 Å². The summed E-state index contributed by atoms with van der Waals surface area (Å²) in [6.45, 7) is 5.22. The number of carbonyl (C=O) groups excluding carboxylic acids is 12. The number of urea groups is 4. The van der Waals surface area contributed by atoms with E-state index in [4.69, 9.17) is 92.8 Å². The highest BCUT2D eigenvalue weighted by Gasteiger charge is 2.40. The Morgan fingerprint density at radius 1 is 0.356 bits per heavy atom. The molecular formula is C92H78BrCl8N17O20S8. The average Bonchev–Trinajstić information content (AvgIpc) is 0.872. The summed E-state index contributed by atoms with van der Waals surface area (Å²) in [4.78, 5) is 159. The largest absolute Gasteiger partial charge is 0.387 e. The molecule has 0 atom stereocenters. The highest BCUT2D eigenvalue weighted by atomic mass is 79.9. The summed E-state index contributed by atoms with van der Waals surface area (Å²) < 4.78 is 107. The molecule has 16 amide bonds. The number of imide groups is 4. The quantitative estimate of drug-likeness (QED) is 0.0213. The molecule has 0 saturated heterocycles. The summed E-state index contributed by atoms with van der Waals surface area (Å²) in [5.74, 6) is -3.17. The van der Waals surface area contributed by atoms with Gasteiger partial charge in [0, 0.05) is 105 Å². The van der Waals surface area contributed by atoms with E-state index in [2.05, 4.69) is 58.5 Å². The number of sulfonamides is 4. The molecule has 4 aliphatic heterocycles. The minimum atomic E-state index is -4.11. The number of nitrogens with zero attached hydrogens (tertiary/aromatic N) is 5. The molecule has 12 aromatic rings. The number of carbonyl (C=O) groups is 12. The van der Waals surface area contributed by atoms with Crippen LogP contribution in [-0.4, -0.2) is 157 Å². The molecule has 762 valence electrons. The van der Waals surface area contributed by atoms with E-state index in [0.29, 0.717) is 61.4 Å². The van der Waals surface area contributed by atoms with Gasteiger partial charge in [-0.1, -0.05) is 99.7 Å². The van der Waals surface area contributed by atoms with E-state index in [0.717, 1.165) is 114 Å². The lowest BCUT2D eigenvalue weighted by molar-refractivity contribution is -0.118. The molecule has 4 aromatic heterocycles. The second-order valence-electron chi connectivity index (χ2n) is 32.3. The molecule has 146 heavy (non-hydrogen) atoms. The van der Waals surface area contributed by atoms with Crippen LogP contribution in [0.1, 0.15) is 89.9 Å². The van der Waals surface area contributed by atoms with Crippen molar-refractivity contribution in [2.45, 2.75) is 68.7 Å². The lowest BCUT2D eigenvalue weighted by Crippen LogP contribution is -2.42. The van der Waals surface area contributed by atoms with Gasteiger partial charge >= 0.3 is 24.1 Å². The first-order valence-electron chi connectivity index (χ1n) is 42.9. The van der Waals surface area contributed by atoms with Gasteiger partial charge in [-0.2, -0.15) is 0 Å². The maximum atomic E-state index is 13.2. The van der Waals surface area contributed by atoms with Crippen LogP contribution in [0.15, 0.2) is 209 Å². The van der Waals surface area contributed by atoms with E-state index in [9.17, 15) is 91.2 Å². The second-order valence-corrected chi connectivity index (χ2v) is 49.3. The maximum Gasteiger partial charge on any atom is 0.333 e. The van der Waals surface area contributed by atoms with Gasteiger partial charge in [0.1, 0.15) is 16.8 Å². The van der Waals surface area contributed by atoms with Gasteiger partial charge in [0.2, 0.25) is 23.6 Å². The molecule has 0 radical (unpaired) electrons. The predicted molar refractivity (Wildman–Crippen MR) is 573 cm³/mol. The van der Waals surface area contributed by atoms with Crippen molar-refractivity contribution in [3.63, 3.8) is 0 Å². The number of benzene rings is 8. The molecule has 12 N–H and O–H groups in total. The molecule has 17 rings (SSSR count). The molecule has 54 heteroatoms. The van der Waals surface area contributed by atoms with Crippen LogP contribution in [0.2, 0.25) is 37.4 Å². The topological polar surface area (TPSA) is 502 Å². The Kier molecular flexibility index (Phi) is 35.0. The van der Waals surface area contributed by atoms with Gasteiger partial charge < -0.3 is 47.4 Å². The van der Waals surface area contributed by atoms with Crippen molar-refractivity contribution >= 4 is 334 Å². The molecule has 1 fully saturated rings. The van der Waals surface area contributed by atoms with Crippen molar-refractivity contribution in [1.29, 1.82) is 0 Å². The summed E-state index contributed by atoms with van der Waals surface area (Å²) in [5, 5.41) is 22.4. The van der Waals surface area contributed by atoms with E-state index >= 15 is 0 Å². The first kappa shape index (κ1) is 110. The third-order valence-corrected chi connectivity index (χ3v) is 35.7. The van der Waals surface area contributed by atoms with E-state index < -0.39 is 111 Å². The Balaban J connectivity index is 0.000000154. The van der Waals surface area contributed by atoms with Gasteiger partial charge in [0.05, 0.1) is 85.9 Å². The lowest BCUT2D eigenvalue weighted by atomic mass is 9.97. The fraction of sp³-hybridized carbons (Fsp3) is 0.174. The number of likely N-dealkylation sites (N-methyl/N-ethyl adjacent to an activating group) is 1. The zero-order chi connectivity index (χ0) is 105. The fourth-order valence-corrected chi connectivity index (χ4v) is 25.8. The highest BCUT2D eigenvalue weighted by molar-refractivity contribution is 9.10. The molecular weight excluding hydrogens is 2280 g/mol. The summed E-state index contributed by atoms with van der Waals surface area (Å²) >= 11 is 55.1. The number of nitrogens with one attached hydrogen (secondary N) is 12. The number of amides is 16. The minimum absolute atomic E-state index is 0.00626. The number of anilines is 12. The molecule has 1 aliphatic carbocycles. The summed E-state index contributed by atoms with van der Waals surface area (Å²) in [6, 6.07) is 42.4. The van der Waals surface area contributed by atoms with Crippen LogP contribution in [-0.2, 0) is 85.0 Å². The number of halogens is 9. The Morgan fingerprint density at radius 3 is 0.890 bits per heavy atom. The zero-order valence-corrected chi connectivity index (χ0v) is 90.0. The number of thiophene rings is 4. The highest BCUT2D eigenvalue weighted by Crippen LogP contribution is 2.42. The Bertz CT molecular complexity index is 7830. The number of hydrogen-bond donors (Lipinski definition) is 12. The average molecular weight is 2360 g/mol. The molecule has 0 unspecified atom stereocenters. The summed E-state index contributed by atoms with van der Waals surface area (Å²) in [5.41, 5.74) is 8.49. The van der Waals surface area contributed by atoms with Crippen LogP contribution in [0.4, 0.5) is 87.4 Å². The molecule has 8 aromatic carbocycles. The Hall–Kier alpha value is -12.0. The van der Waals surface area contributed by atoms with Gasteiger partial charge in [0.15, 0.2) is 0 Å². The summed E-state index contributed by atoms with van der Waals surface area (Å²) in [6.07, 6.45) is 3.42. The molecule has 5 aliphatic rings. The third kappa shape index (κ3) is 26.7. The Morgan fingerprint density at radius 2 is 0.630 bits per heavy atom. The number of fused-ring (bicyclic) bond motifs is 4. The van der Waals surface area contributed by atoms with Crippen molar-refractivity contribution in [3.05, 3.63) is 274 Å². The van der Waals surface area contributed by atoms with Crippen molar-refractivity contribution in [2.75, 3.05) is 109 Å². The van der Waals surface area contributed by atoms with E-state index in [1.165, 1.54) is 134 Å². The first-order valence-corrected chi connectivity index (χ1v) is 55.9. The molecule has 0 bridgehead atoms. The lowest BCUT2D eigenvalue weighted by Gasteiger charge is -2.28. The van der Waals surface area contributed by atoms with Gasteiger partial charge in [0.25, 0.3) is 63.7 Å². The van der Waals surface area contributed by atoms with Crippen molar-refractivity contribution < 1.29 is 91.2 Å².